The molecule has 3 aromatic carbocycles. The summed E-state index contributed by atoms with van der Waals surface area (Å²) in [6, 6.07) is 25.8. The van der Waals surface area contributed by atoms with Crippen LogP contribution in [0, 0.1) is 0 Å². The SMILES string of the molecule is NC(=O)c1ccc2c(c1)nc(CSc1ccccc1)n2-c1ccccc1. The van der Waals surface area contributed by atoms with Crippen molar-refractivity contribution in [2.75, 3.05) is 0 Å². The number of benzene rings is 3. The first-order valence-corrected chi connectivity index (χ1v) is 9.25. The van der Waals surface area contributed by atoms with Crippen molar-refractivity contribution in [1.82, 2.24) is 9.55 Å². The van der Waals surface area contributed by atoms with Gasteiger partial charge in [0, 0.05) is 16.1 Å². The monoisotopic (exact) mass is 359 g/mol. The molecule has 0 aliphatic carbocycles. The first kappa shape index (κ1) is 16.4. The summed E-state index contributed by atoms with van der Waals surface area (Å²) in [5.41, 5.74) is 8.67. The zero-order valence-corrected chi connectivity index (χ0v) is 14.8. The van der Waals surface area contributed by atoms with Gasteiger partial charge in [-0.15, -0.1) is 11.8 Å². The van der Waals surface area contributed by atoms with E-state index in [-0.39, 0.29) is 0 Å². The Labute approximate surface area is 155 Å². The minimum Gasteiger partial charge on any atom is -0.366 e. The minimum absolute atomic E-state index is 0.443. The summed E-state index contributed by atoms with van der Waals surface area (Å²) < 4.78 is 2.13. The molecule has 0 unspecified atom stereocenters. The fraction of sp³-hybridized carbons (Fsp3) is 0.0476. The topological polar surface area (TPSA) is 60.9 Å². The van der Waals surface area contributed by atoms with Crippen molar-refractivity contribution in [3.8, 4) is 5.69 Å². The Morgan fingerprint density at radius 2 is 1.65 bits per heavy atom. The van der Waals surface area contributed by atoms with Gasteiger partial charge in [-0.3, -0.25) is 9.36 Å². The number of thioether (sulfide) groups is 1. The Bertz CT molecular complexity index is 1060. The number of nitrogens with zero attached hydrogens (tertiary/aromatic N) is 2. The second-order valence-corrected chi connectivity index (χ2v) is 6.92. The largest absolute Gasteiger partial charge is 0.366 e. The summed E-state index contributed by atoms with van der Waals surface area (Å²) in [5.74, 6) is 1.21. The molecule has 0 atom stereocenters. The lowest BCUT2D eigenvalue weighted by Gasteiger charge is -2.09. The van der Waals surface area contributed by atoms with E-state index in [0.29, 0.717) is 5.56 Å². The zero-order chi connectivity index (χ0) is 17.9. The molecule has 4 aromatic rings. The van der Waals surface area contributed by atoms with Gasteiger partial charge in [0.2, 0.25) is 5.91 Å². The van der Waals surface area contributed by atoms with E-state index in [1.165, 1.54) is 4.90 Å². The molecule has 0 bridgehead atoms. The van der Waals surface area contributed by atoms with Crippen LogP contribution in [0.15, 0.2) is 83.8 Å². The summed E-state index contributed by atoms with van der Waals surface area (Å²) in [4.78, 5) is 17.5. The Morgan fingerprint density at radius 3 is 2.35 bits per heavy atom. The highest BCUT2D eigenvalue weighted by atomic mass is 32.2. The van der Waals surface area contributed by atoms with Crippen LogP contribution < -0.4 is 5.73 Å². The average Bonchev–Trinajstić information content (AvgIpc) is 3.05. The molecule has 0 radical (unpaired) electrons. The molecular formula is C21H17N3OS. The Kier molecular flexibility index (Phi) is 4.46. The summed E-state index contributed by atoms with van der Waals surface area (Å²) in [7, 11) is 0. The van der Waals surface area contributed by atoms with Crippen molar-refractivity contribution in [1.29, 1.82) is 0 Å². The maximum absolute atomic E-state index is 11.5. The lowest BCUT2D eigenvalue weighted by atomic mass is 10.2. The molecule has 0 saturated carbocycles. The first-order valence-electron chi connectivity index (χ1n) is 8.27. The van der Waals surface area contributed by atoms with Crippen LogP contribution in [0.2, 0.25) is 0 Å². The van der Waals surface area contributed by atoms with Crippen LogP contribution in [-0.4, -0.2) is 15.5 Å². The summed E-state index contributed by atoms with van der Waals surface area (Å²) in [6.07, 6.45) is 0. The van der Waals surface area contributed by atoms with Crippen LogP contribution in [0.4, 0.5) is 0 Å². The third-order valence-electron chi connectivity index (χ3n) is 4.13. The summed E-state index contributed by atoms with van der Waals surface area (Å²) >= 11 is 1.73. The number of fused-ring (bicyclic) bond motifs is 1. The lowest BCUT2D eigenvalue weighted by Crippen LogP contribution is -2.10. The third-order valence-corrected chi connectivity index (χ3v) is 5.14. The van der Waals surface area contributed by atoms with Gasteiger partial charge in [0.05, 0.1) is 16.8 Å². The van der Waals surface area contributed by atoms with Crippen molar-refractivity contribution < 1.29 is 4.79 Å². The fourth-order valence-corrected chi connectivity index (χ4v) is 3.75. The second kappa shape index (κ2) is 7.06. The summed E-state index contributed by atoms with van der Waals surface area (Å²) in [6.45, 7) is 0. The molecular weight excluding hydrogens is 342 g/mol. The highest BCUT2D eigenvalue weighted by molar-refractivity contribution is 7.98. The number of hydrogen-bond acceptors (Lipinski definition) is 3. The highest BCUT2D eigenvalue weighted by Gasteiger charge is 2.14. The zero-order valence-electron chi connectivity index (χ0n) is 14.0. The number of rotatable bonds is 5. The van der Waals surface area contributed by atoms with Gasteiger partial charge in [0.1, 0.15) is 5.82 Å². The molecule has 0 saturated heterocycles. The van der Waals surface area contributed by atoms with E-state index in [4.69, 9.17) is 10.7 Å². The van der Waals surface area contributed by atoms with E-state index < -0.39 is 5.91 Å². The van der Waals surface area contributed by atoms with E-state index in [0.717, 1.165) is 28.3 Å². The van der Waals surface area contributed by atoms with Crippen LogP contribution in [0.5, 0.6) is 0 Å². The van der Waals surface area contributed by atoms with Crippen LogP contribution in [0.3, 0.4) is 0 Å². The fourth-order valence-electron chi connectivity index (χ4n) is 2.91. The Morgan fingerprint density at radius 1 is 0.962 bits per heavy atom. The molecule has 1 heterocycles. The van der Waals surface area contributed by atoms with Crippen molar-refractivity contribution >= 4 is 28.7 Å². The van der Waals surface area contributed by atoms with Crippen molar-refractivity contribution in [3.05, 3.63) is 90.3 Å². The van der Waals surface area contributed by atoms with Gasteiger partial charge in [0.25, 0.3) is 0 Å². The predicted octanol–water partition coefficient (Wildman–Crippen LogP) is 4.42. The third kappa shape index (κ3) is 3.21. The number of carbonyl (C=O) groups excluding carboxylic acids is 1. The first-order chi connectivity index (χ1) is 12.7. The van der Waals surface area contributed by atoms with E-state index >= 15 is 0 Å². The molecule has 0 spiro atoms. The molecule has 26 heavy (non-hydrogen) atoms. The number of amides is 1. The van der Waals surface area contributed by atoms with E-state index in [1.807, 2.05) is 42.5 Å². The molecule has 2 N–H and O–H groups in total. The summed E-state index contributed by atoms with van der Waals surface area (Å²) in [5, 5.41) is 0. The molecule has 0 aliphatic heterocycles. The van der Waals surface area contributed by atoms with Crippen molar-refractivity contribution in [2.45, 2.75) is 10.6 Å². The lowest BCUT2D eigenvalue weighted by molar-refractivity contribution is 0.100. The number of imidazole rings is 1. The van der Waals surface area contributed by atoms with Gasteiger partial charge in [-0.25, -0.2) is 4.98 Å². The molecule has 4 rings (SSSR count). The van der Waals surface area contributed by atoms with Crippen LogP contribution >= 0.6 is 11.8 Å². The number of hydrogen-bond donors (Lipinski definition) is 1. The normalized spacial score (nSPS) is 10.9. The quantitative estimate of drug-likeness (QED) is 0.537. The van der Waals surface area contributed by atoms with E-state index in [2.05, 4.69) is 28.8 Å². The van der Waals surface area contributed by atoms with Gasteiger partial charge in [0.15, 0.2) is 0 Å². The van der Waals surface area contributed by atoms with Gasteiger partial charge in [-0.1, -0.05) is 36.4 Å². The number of primary amides is 1. The van der Waals surface area contributed by atoms with Gasteiger partial charge in [-0.2, -0.15) is 0 Å². The molecule has 5 heteroatoms. The van der Waals surface area contributed by atoms with Crippen LogP contribution in [0.25, 0.3) is 16.7 Å². The number of carbonyl (C=O) groups is 1. The maximum atomic E-state index is 11.5. The minimum atomic E-state index is -0.443. The highest BCUT2D eigenvalue weighted by Crippen LogP contribution is 2.28. The molecule has 0 aliphatic rings. The smallest absolute Gasteiger partial charge is 0.248 e. The number of para-hydroxylation sites is 1. The van der Waals surface area contributed by atoms with Gasteiger partial charge in [-0.05, 0) is 42.5 Å². The Hall–Kier alpha value is -3.05. The second-order valence-electron chi connectivity index (χ2n) is 5.87. The molecule has 4 nitrogen and oxygen atoms in total. The maximum Gasteiger partial charge on any atom is 0.248 e. The molecule has 128 valence electrons. The van der Waals surface area contributed by atoms with Gasteiger partial charge < -0.3 is 5.73 Å². The van der Waals surface area contributed by atoms with Crippen LogP contribution in [0.1, 0.15) is 16.2 Å². The average molecular weight is 359 g/mol. The molecule has 1 amide bonds. The predicted molar refractivity (Wildman–Crippen MR) is 106 cm³/mol. The van der Waals surface area contributed by atoms with Crippen molar-refractivity contribution in [2.24, 2.45) is 5.73 Å². The van der Waals surface area contributed by atoms with E-state index in [1.54, 1.807) is 23.9 Å². The standard InChI is InChI=1S/C21H17N3OS/c22-21(25)15-11-12-19-18(13-15)23-20(14-26-17-9-5-2-6-10-17)24(19)16-7-3-1-4-8-16/h1-13H,14H2,(H2,22,25). The number of nitrogens with two attached hydrogens (primary N) is 1. The number of aromatic nitrogens is 2. The van der Waals surface area contributed by atoms with E-state index in [9.17, 15) is 4.79 Å². The van der Waals surface area contributed by atoms with Gasteiger partial charge >= 0.3 is 0 Å². The molecule has 0 fully saturated rings. The van der Waals surface area contributed by atoms with Crippen molar-refractivity contribution in [3.63, 3.8) is 0 Å². The Balaban J connectivity index is 1.80. The van der Waals surface area contributed by atoms with Crippen LogP contribution in [-0.2, 0) is 5.75 Å². The molecule has 1 aromatic heterocycles.